The van der Waals surface area contributed by atoms with E-state index in [1.807, 2.05) is 56.9 Å². The molecule has 1 atom stereocenters. The van der Waals surface area contributed by atoms with Gasteiger partial charge in [0.25, 0.3) is 0 Å². The summed E-state index contributed by atoms with van der Waals surface area (Å²) >= 11 is 5.52. The summed E-state index contributed by atoms with van der Waals surface area (Å²) < 4.78 is 10.4. The summed E-state index contributed by atoms with van der Waals surface area (Å²) in [6.45, 7) is 8.95. The number of amides is 1. The maximum absolute atomic E-state index is 12.9. The van der Waals surface area contributed by atoms with Crippen molar-refractivity contribution in [3.63, 3.8) is 0 Å². The molecule has 0 saturated heterocycles. The first-order chi connectivity index (χ1) is 14.3. The van der Waals surface area contributed by atoms with Gasteiger partial charge in [0.15, 0.2) is 5.11 Å². The van der Waals surface area contributed by atoms with Gasteiger partial charge in [-0.2, -0.15) is 0 Å². The zero-order valence-electron chi connectivity index (χ0n) is 18.3. The van der Waals surface area contributed by atoms with Crippen molar-refractivity contribution in [1.29, 1.82) is 0 Å². The van der Waals surface area contributed by atoms with Crippen molar-refractivity contribution in [3.8, 4) is 0 Å². The number of methoxy groups -OCH3 is 1. The Balaban J connectivity index is 2.36. The average molecular weight is 434 g/mol. The van der Waals surface area contributed by atoms with Crippen molar-refractivity contribution in [1.82, 2.24) is 10.2 Å². The summed E-state index contributed by atoms with van der Waals surface area (Å²) in [5.74, 6) is -0.195. The van der Waals surface area contributed by atoms with Gasteiger partial charge in [-0.3, -0.25) is 4.79 Å². The van der Waals surface area contributed by atoms with E-state index in [4.69, 9.17) is 21.7 Å². The van der Waals surface area contributed by atoms with Crippen LogP contribution >= 0.6 is 12.2 Å². The summed E-state index contributed by atoms with van der Waals surface area (Å²) in [5, 5.41) is 6.72. The molecule has 1 aliphatic heterocycles. The first kappa shape index (κ1) is 23.8. The molecule has 1 aliphatic rings. The van der Waals surface area contributed by atoms with Gasteiger partial charge in [0, 0.05) is 31.5 Å². The number of hydrogen-bond acceptors (Lipinski definition) is 5. The summed E-state index contributed by atoms with van der Waals surface area (Å²) in [4.78, 5) is 26.9. The number of hydrogen-bond donors (Lipinski definition) is 2. The second-order valence-electron chi connectivity index (χ2n) is 7.53. The Bertz CT molecular complexity index is 822. The third-order valence-corrected chi connectivity index (χ3v) is 5.09. The van der Waals surface area contributed by atoms with Gasteiger partial charge in [0.2, 0.25) is 5.91 Å². The molecule has 0 aromatic heterocycles. The van der Waals surface area contributed by atoms with Gasteiger partial charge in [0.1, 0.15) is 6.61 Å². The number of ether oxygens (including phenoxy) is 2. The summed E-state index contributed by atoms with van der Waals surface area (Å²) in [7, 11) is 1.56. The molecule has 0 bridgehead atoms. The standard InChI is InChI=1S/C22H31N3O4S/c1-6-25-15(4)19(21(27)29-11-10-28-5)20(24-22(25)30)16-8-7-9-17(13-16)23-18(26)12-14(2)3/h7-9,13-14,20H,6,10-12H2,1-5H3,(H,23,26)(H,24,30). The molecule has 30 heavy (non-hydrogen) atoms. The number of anilines is 1. The molecular weight excluding hydrogens is 402 g/mol. The lowest BCUT2D eigenvalue weighted by Crippen LogP contribution is -2.47. The number of rotatable bonds is 9. The number of nitrogens with one attached hydrogen (secondary N) is 2. The van der Waals surface area contributed by atoms with Crippen LogP contribution in [0.25, 0.3) is 0 Å². The van der Waals surface area contributed by atoms with Gasteiger partial charge in [-0.05, 0) is 49.7 Å². The van der Waals surface area contributed by atoms with E-state index in [-0.39, 0.29) is 18.4 Å². The smallest absolute Gasteiger partial charge is 0.338 e. The molecule has 8 heteroatoms. The highest BCUT2D eigenvalue weighted by atomic mass is 32.1. The monoisotopic (exact) mass is 433 g/mol. The predicted molar refractivity (Wildman–Crippen MR) is 121 cm³/mol. The summed E-state index contributed by atoms with van der Waals surface area (Å²) in [6.07, 6.45) is 0.442. The van der Waals surface area contributed by atoms with E-state index in [2.05, 4.69) is 10.6 Å². The minimum Gasteiger partial charge on any atom is -0.460 e. The predicted octanol–water partition coefficient (Wildman–Crippen LogP) is 3.39. The third kappa shape index (κ3) is 6.03. The molecule has 0 radical (unpaired) electrons. The van der Waals surface area contributed by atoms with Crippen molar-refractivity contribution in [2.75, 3.05) is 32.2 Å². The molecule has 1 heterocycles. The lowest BCUT2D eigenvalue weighted by atomic mass is 9.94. The molecule has 2 N–H and O–H groups in total. The molecule has 0 spiro atoms. The fraction of sp³-hybridized carbons (Fsp3) is 0.500. The molecule has 0 fully saturated rings. The average Bonchev–Trinajstić information content (AvgIpc) is 2.67. The fourth-order valence-corrected chi connectivity index (χ4v) is 3.73. The van der Waals surface area contributed by atoms with Gasteiger partial charge >= 0.3 is 5.97 Å². The van der Waals surface area contributed by atoms with Crippen molar-refractivity contribution in [3.05, 3.63) is 41.1 Å². The van der Waals surface area contributed by atoms with Gasteiger partial charge in [-0.25, -0.2) is 4.79 Å². The molecule has 1 aromatic rings. The molecule has 1 unspecified atom stereocenters. The Morgan fingerprint density at radius 3 is 2.67 bits per heavy atom. The van der Waals surface area contributed by atoms with Crippen LogP contribution in [0.4, 0.5) is 5.69 Å². The number of allylic oxidation sites excluding steroid dienone is 1. The first-order valence-corrected chi connectivity index (χ1v) is 10.5. The highest BCUT2D eigenvalue weighted by Crippen LogP contribution is 2.32. The van der Waals surface area contributed by atoms with Gasteiger partial charge in [-0.15, -0.1) is 0 Å². The van der Waals surface area contributed by atoms with Gasteiger partial charge < -0.3 is 25.0 Å². The molecule has 2 rings (SSSR count). The quantitative estimate of drug-likeness (QED) is 0.351. The third-order valence-electron chi connectivity index (χ3n) is 4.75. The maximum atomic E-state index is 12.9. The van der Waals surface area contributed by atoms with Crippen LogP contribution in [0.3, 0.4) is 0 Å². The Morgan fingerprint density at radius 2 is 2.03 bits per heavy atom. The number of carbonyl (C=O) groups excluding carboxylic acids is 2. The van der Waals surface area contributed by atoms with Gasteiger partial charge in [0.05, 0.1) is 18.2 Å². The Labute approximate surface area is 183 Å². The van der Waals surface area contributed by atoms with Crippen LogP contribution in [0.5, 0.6) is 0 Å². The number of nitrogens with zero attached hydrogens (tertiary/aromatic N) is 1. The van der Waals surface area contributed by atoms with Crippen molar-refractivity contribution in [2.45, 2.75) is 40.2 Å². The van der Waals surface area contributed by atoms with E-state index in [0.29, 0.717) is 35.9 Å². The first-order valence-electron chi connectivity index (χ1n) is 10.1. The zero-order chi connectivity index (χ0) is 22.3. The minimum atomic E-state index is -0.475. The van der Waals surface area contributed by atoms with E-state index in [1.54, 1.807) is 7.11 Å². The normalized spacial score (nSPS) is 16.5. The van der Waals surface area contributed by atoms with Crippen LogP contribution in [-0.4, -0.2) is 48.8 Å². The van der Waals surface area contributed by atoms with Crippen LogP contribution in [0.2, 0.25) is 0 Å². The highest BCUT2D eigenvalue weighted by Gasteiger charge is 2.34. The Morgan fingerprint density at radius 1 is 1.30 bits per heavy atom. The molecule has 1 aromatic carbocycles. The van der Waals surface area contributed by atoms with Crippen LogP contribution in [-0.2, 0) is 19.1 Å². The number of carbonyl (C=O) groups is 2. The van der Waals surface area contributed by atoms with Crippen LogP contribution in [0.15, 0.2) is 35.5 Å². The fourth-order valence-electron chi connectivity index (χ4n) is 3.35. The second kappa shape index (κ2) is 11.1. The van der Waals surface area contributed by atoms with Crippen LogP contribution in [0.1, 0.15) is 45.7 Å². The van der Waals surface area contributed by atoms with E-state index in [1.165, 1.54) is 0 Å². The molecular formula is C22H31N3O4S. The summed E-state index contributed by atoms with van der Waals surface area (Å²) in [5.41, 5.74) is 2.73. The lowest BCUT2D eigenvalue weighted by Gasteiger charge is -2.37. The van der Waals surface area contributed by atoms with Crippen LogP contribution in [0, 0.1) is 5.92 Å². The largest absolute Gasteiger partial charge is 0.460 e. The minimum absolute atomic E-state index is 0.0441. The topological polar surface area (TPSA) is 79.9 Å². The van der Waals surface area contributed by atoms with E-state index >= 15 is 0 Å². The Hall–Kier alpha value is -2.45. The Kier molecular flexibility index (Phi) is 8.80. The highest BCUT2D eigenvalue weighted by molar-refractivity contribution is 7.80. The second-order valence-corrected chi connectivity index (χ2v) is 7.91. The molecule has 0 aliphatic carbocycles. The SMILES string of the molecule is CCN1C(=S)NC(c2cccc(NC(=O)CC(C)C)c2)C(C(=O)OCCOC)=C1C. The number of benzene rings is 1. The number of thiocarbonyl (C=S) groups is 1. The molecule has 7 nitrogen and oxygen atoms in total. The molecule has 164 valence electrons. The van der Waals surface area contributed by atoms with Crippen LogP contribution < -0.4 is 10.6 Å². The van der Waals surface area contributed by atoms with E-state index in [0.717, 1.165) is 11.3 Å². The van der Waals surface area contributed by atoms with Gasteiger partial charge in [-0.1, -0.05) is 26.0 Å². The maximum Gasteiger partial charge on any atom is 0.338 e. The number of esters is 1. The molecule has 0 saturated carbocycles. The lowest BCUT2D eigenvalue weighted by molar-refractivity contribution is -0.140. The summed E-state index contributed by atoms with van der Waals surface area (Å²) in [6, 6.07) is 6.96. The molecule has 1 amide bonds. The van der Waals surface area contributed by atoms with Crippen molar-refractivity contribution in [2.24, 2.45) is 5.92 Å². The van der Waals surface area contributed by atoms with Crippen molar-refractivity contribution < 1.29 is 19.1 Å². The van der Waals surface area contributed by atoms with E-state index in [9.17, 15) is 9.59 Å². The van der Waals surface area contributed by atoms with Crippen molar-refractivity contribution >= 4 is 34.9 Å². The zero-order valence-corrected chi connectivity index (χ0v) is 19.1. The van der Waals surface area contributed by atoms with E-state index < -0.39 is 12.0 Å².